The van der Waals surface area contributed by atoms with Crippen molar-refractivity contribution in [2.24, 2.45) is 0 Å². The molecular formula is C21H21NO6S. The van der Waals surface area contributed by atoms with E-state index in [1.165, 1.54) is 11.0 Å². The molecular weight excluding hydrogens is 394 g/mol. The fourth-order valence-electron chi connectivity index (χ4n) is 3.00. The number of esters is 1. The largest absolute Gasteiger partial charge is 0.497 e. The second kappa shape index (κ2) is 8.91. The summed E-state index contributed by atoms with van der Waals surface area (Å²) >= 11 is 0. The van der Waals surface area contributed by atoms with Crippen molar-refractivity contribution in [2.45, 2.75) is 12.5 Å². The van der Waals surface area contributed by atoms with Crippen LogP contribution in [0.4, 0.5) is 5.69 Å². The molecule has 1 heterocycles. The van der Waals surface area contributed by atoms with Crippen molar-refractivity contribution < 1.29 is 27.5 Å². The standard InChI is InChI=1S/C21H21NO6S/c1-27-19-9-7-16(8-10-19)13-21(24)28-14-20(23)22(17-5-3-2-4-6-17)18-11-12-29(25,26)15-18/h2-12,18H,13-15H2,1H3/t18-/m0/s1. The van der Waals surface area contributed by atoms with E-state index in [-0.39, 0.29) is 12.2 Å². The number of anilines is 1. The maximum atomic E-state index is 12.8. The van der Waals surface area contributed by atoms with Gasteiger partial charge < -0.3 is 14.4 Å². The van der Waals surface area contributed by atoms with Crippen molar-refractivity contribution in [1.29, 1.82) is 0 Å². The molecule has 1 aliphatic heterocycles. The van der Waals surface area contributed by atoms with Crippen LogP contribution in [0.2, 0.25) is 0 Å². The van der Waals surface area contributed by atoms with Crippen molar-refractivity contribution in [1.82, 2.24) is 0 Å². The molecule has 0 radical (unpaired) electrons. The Morgan fingerprint density at radius 3 is 2.34 bits per heavy atom. The molecule has 0 aromatic heterocycles. The summed E-state index contributed by atoms with van der Waals surface area (Å²) in [5, 5.41) is 1.11. The molecule has 0 bridgehead atoms. The quantitative estimate of drug-likeness (QED) is 0.644. The molecule has 1 atom stereocenters. The van der Waals surface area contributed by atoms with E-state index >= 15 is 0 Å². The van der Waals surface area contributed by atoms with E-state index < -0.39 is 34.4 Å². The number of sulfone groups is 1. The van der Waals surface area contributed by atoms with Gasteiger partial charge in [0.1, 0.15) is 5.75 Å². The first-order valence-corrected chi connectivity index (χ1v) is 10.7. The average Bonchev–Trinajstić information content (AvgIpc) is 3.07. The van der Waals surface area contributed by atoms with Crippen LogP contribution in [0, 0.1) is 0 Å². The highest BCUT2D eigenvalue weighted by Crippen LogP contribution is 2.23. The van der Waals surface area contributed by atoms with Crippen LogP contribution in [0.3, 0.4) is 0 Å². The van der Waals surface area contributed by atoms with Crippen molar-refractivity contribution in [2.75, 3.05) is 24.4 Å². The van der Waals surface area contributed by atoms with Gasteiger partial charge in [0, 0.05) is 11.1 Å². The predicted octanol–water partition coefficient (Wildman–Crippen LogP) is 2.12. The lowest BCUT2D eigenvalue weighted by Gasteiger charge is -2.27. The minimum atomic E-state index is -3.35. The first kappa shape index (κ1) is 20.6. The van der Waals surface area contributed by atoms with Gasteiger partial charge in [-0.15, -0.1) is 0 Å². The van der Waals surface area contributed by atoms with Crippen molar-refractivity contribution in [3.05, 3.63) is 71.6 Å². The van der Waals surface area contributed by atoms with Crippen LogP contribution in [0.25, 0.3) is 0 Å². The van der Waals surface area contributed by atoms with E-state index in [0.29, 0.717) is 11.4 Å². The molecule has 1 aliphatic rings. The topological polar surface area (TPSA) is 90.0 Å². The van der Waals surface area contributed by atoms with Crippen LogP contribution in [0.15, 0.2) is 66.1 Å². The zero-order chi connectivity index (χ0) is 20.9. The van der Waals surface area contributed by atoms with Gasteiger partial charge in [0.2, 0.25) is 0 Å². The number of methoxy groups -OCH3 is 1. The Labute approximate surface area is 169 Å². The van der Waals surface area contributed by atoms with Crippen LogP contribution in [-0.2, 0) is 30.6 Å². The van der Waals surface area contributed by atoms with Crippen molar-refractivity contribution in [3.8, 4) is 5.75 Å². The number of carbonyl (C=O) groups excluding carboxylic acids is 2. The van der Waals surface area contributed by atoms with E-state index in [1.54, 1.807) is 61.7 Å². The Bertz CT molecular complexity index is 999. The fourth-order valence-corrected chi connectivity index (χ4v) is 4.27. The Morgan fingerprint density at radius 2 is 1.76 bits per heavy atom. The van der Waals surface area contributed by atoms with Crippen LogP contribution >= 0.6 is 0 Å². The Hall–Kier alpha value is -3.13. The van der Waals surface area contributed by atoms with Crippen LogP contribution in [0.1, 0.15) is 5.56 Å². The summed E-state index contributed by atoms with van der Waals surface area (Å²) in [6.07, 6.45) is 1.49. The number of amides is 1. The molecule has 2 aromatic rings. The first-order valence-electron chi connectivity index (χ1n) is 8.94. The number of nitrogens with zero attached hydrogens (tertiary/aromatic N) is 1. The lowest BCUT2D eigenvalue weighted by Crippen LogP contribution is -2.43. The van der Waals surface area contributed by atoms with Gasteiger partial charge in [-0.1, -0.05) is 30.3 Å². The van der Waals surface area contributed by atoms with Gasteiger partial charge in [0.15, 0.2) is 16.4 Å². The van der Waals surface area contributed by atoms with Gasteiger partial charge in [0.25, 0.3) is 5.91 Å². The summed E-state index contributed by atoms with van der Waals surface area (Å²) in [5.41, 5.74) is 1.27. The maximum absolute atomic E-state index is 12.8. The van der Waals surface area contributed by atoms with Crippen molar-refractivity contribution >= 4 is 27.4 Å². The highest BCUT2D eigenvalue weighted by atomic mass is 32.2. The molecule has 0 fully saturated rings. The summed E-state index contributed by atoms with van der Waals surface area (Å²) in [6.45, 7) is -0.478. The average molecular weight is 415 g/mol. The molecule has 0 aliphatic carbocycles. The second-order valence-corrected chi connectivity index (χ2v) is 8.44. The van der Waals surface area contributed by atoms with Gasteiger partial charge in [-0.25, -0.2) is 8.42 Å². The molecule has 7 nitrogen and oxygen atoms in total. The van der Waals surface area contributed by atoms with Gasteiger partial charge >= 0.3 is 5.97 Å². The first-order chi connectivity index (χ1) is 13.9. The summed E-state index contributed by atoms with van der Waals surface area (Å²) in [5.74, 6) is -0.569. The molecule has 152 valence electrons. The third-order valence-corrected chi connectivity index (χ3v) is 5.79. The number of hydrogen-bond acceptors (Lipinski definition) is 6. The van der Waals surface area contributed by atoms with E-state index in [9.17, 15) is 18.0 Å². The van der Waals surface area contributed by atoms with Gasteiger partial charge in [-0.3, -0.25) is 9.59 Å². The lowest BCUT2D eigenvalue weighted by atomic mass is 10.1. The number of para-hydroxylation sites is 1. The highest BCUT2D eigenvalue weighted by molar-refractivity contribution is 7.94. The monoisotopic (exact) mass is 415 g/mol. The Balaban J connectivity index is 1.65. The zero-order valence-corrected chi connectivity index (χ0v) is 16.7. The third kappa shape index (κ3) is 5.45. The maximum Gasteiger partial charge on any atom is 0.310 e. The predicted molar refractivity (Wildman–Crippen MR) is 108 cm³/mol. The zero-order valence-electron chi connectivity index (χ0n) is 15.9. The van der Waals surface area contributed by atoms with Gasteiger partial charge in [0.05, 0.1) is 25.3 Å². The normalized spacial score (nSPS) is 16.9. The summed E-state index contributed by atoms with van der Waals surface area (Å²) in [4.78, 5) is 26.3. The van der Waals surface area contributed by atoms with E-state index in [4.69, 9.17) is 9.47 Å². The highest BCUT2D eigenvalue weighted by Gasteiger charge is 2.31. The van der Waals surface area contributed by atoms with Crippen LogP contribution in [0.5, 0.6) is 5.75 Å². The van der Waals surface area contributed by atoms with Gasteiger partial charge in [-0.05, 0) is 35.9 Å². The Morgan fingerprint density at radius 1 is 1.07 bits per heavy atom. The number of rotatable bonds is 7. The van der Waals surface area contributed by atoms with E-state index in [2.05, 4.69) is 0 Å². The second-order valence-electron chi connectivity index (χ2n) is 6.51. The van der Waals surface area contributed by atoms with E-state index in [0.717, 1.165) is 11.0 Å². The minimum Gasteiger partial charge on any atom is -0.497 e. The van der Waals surface area contributed by atoms with E-state index in [1.807, 2.05) is 0 Å². The number of carbonyl (C=O) groups is 2. The smallest absolute Gasteiger partial charge is 0.310 e. The summed E-state index contributed by atoms with van der Waals surface area (Å²) in [6, 6.07) is 15.0. The number of ether oxygens (including phenoxy) is 2. The third-order valence-electron chi connectivity index (χ3n) is 4.41. The molecule has 0 saturated carbocycles. The molecule has 0 saturated heterocycles. The van der Waals surface area contributed by atoms with Crippen LogP contribution in [-0.4, -0.2) is 45.8 Å². The summed E-state index contributed by atoms with van der Waals surface area (Å²) in [7, 11) is -1.80. The molecule has 2 aromatic carbocycles. The van der Waals surface area contributed by atoms with Gasteiger partial charge in [-0.2, -0.15) is 0 Å². The molecule has 0 spiro atoms. The molecule has 29 heavy (non-hydrogen) atoms. The molecule has 3 rings (SSSR count). The number of hydrogen-bond donors (Lipinski definition) is 0. The molecule has 8 heteroatoms. The fraction of sp³-hybridized carbons (Fsp3) is 0.238. The number of benzene rings is 2. The van der Waals surface area contributed by atoms with Crippen LogP contribution < -0.4 is 9.64 Å². The summed E-state index contributed by atoms with van der Waals surface area (Å²) < 4.78 is 33.8. The molecule has 0 unspecified atom stereocenters. The molecule has 0 N–H and O–H groups in total. The SMILES string of the molecule is COc1ccc(CC(=O)OCC(=O)N(c2ccccc2)[C@H]2C=CS(=O)(=O)C2)cc1. The minimum absolute atomic E-state index is 0.0142. The lowest BCUT2D eigenvalue weighted by molar-refractivity contribution is -0.147. The molecule has 1 amide bonds. The Kier molecular flexibility index (Phi) is 6.33. The van der Waals surface area contributed by atoms with Crippen molar-refractivity contribution in [3.63, 3.8) is 0 Å².